The Hall–Kier alpha value is -3.22. The Morgan fingerprint density at radius 1 is 1.04 bits per heavy atom. The maximum atomic E-state index is 10.9. The van der Waals surface area contributed by atoms with Crippen LogP contribution in [0.4, 0.5) is 0 Å². The van der Waals surface area contributed by atoms with Crippen molar-refractivity contribution in [1.29, 1.82) is 0 Å². The van der Waals surface area contributed by atoms with Gasteiger partial charge in [-0.3, -0.25) is 0 Å². The number of benzene rings is 1. The molecule has 0 aliphatic heterocycles. The third kappa shape index (κ3) is 3.24. The van der Waals surface area contributed by atoms with Crippen molar-refractivity contribution in [3.8, 4) is 17.6 Å². The van der Waals surface area contributed by atoms with Gasteiger partial charge in [-0.25, -0.2) is 14.5 Å². The van der Waals surface area contributed by atoms with Gasteiger partial charge in [0, 0.05) is 17.5 Å². The van der Waals surface area contributed by atoms with Crippen molar-refractivity contribution in [3.63, 3.8) is 0 Å². The van der Waals surface area contributed by atoms with E-state index >= 15 is 0 Å². The van der Waals surface area contributed by atoms with Gasteiger partial charge in [-0.05, 0) is 51.1 Å². The van der Waals surface area contributed by atoms with Crippen molar-refractivity contribution < 1.29 is 14.6 Å². The van der Waals surface area contributed by atoms with Crippen molar-refractivity contribution in [3.05, 3.63) is 59.0 Å². The number of rotatable bonds is 4. The number of carboxylic acid groups (broad SMARTS) is 1. The quantitative estimate of drug-likeness (QED) is 0.793. The minimum absolute atomic E-state index is 0.199. The van der Waals surface area contributed by atoms with E-state index in [-0.39, 0.29) is 5.56 Å². The third-order valence-corrected chi connectivity index (χ3v) is 3.34. The van der Waals surface area contributed by atoms with Gasteiger partial charge in [0.25, 0.3) is 5.95 Å². The maximum Gasteiger partial charge on any atom is 0.335 e. The first-order valence-corrected chi connectivity index (χ1v) is 7.33. The fourth-order valence-corrected chi connectivity index (χ4v) is 2.29. The number of carboxylic acids is 1. The summed E-state index contributed by atoms with van der Waals surface area (Å²) in [5.74, 6) is 0.314. The van der Waals surface area contributed by atoms with Crippen LogP contribution in [0, 0.1) is 20.8 Å². The van der Waals surface area contributed by atoms with Crippen LogP contribution in [0.25, 0.3) is 5.95 Å². The molecule has 1 aromatic carbocycles. The zero-order valence-electron chi connectivity index (χ0n) is 13.5. The molecule has 0 fully saturated rings. The molecule has 122 valence electrons. The van der Waals surface area contributed by atoms with E-state index in [1.807, 2.05) is 26.8 Å². The Labute approximate surface area is 138 Å². The summed E-state index contributed by atoms with van der Waals surface area (Å²) in [6.45, 7) is 5.68. The SMILES string of the molecule is Cc1cc(Oc2ccc(C(=O)O)cc2)nc(-n2nc(C)cc2C)n1. The molecule has 0 spiro atoms. The molecule has 1 N–H and O–H groups in total. The molecule has 0 saturated heterocycles. The van der Waals surface area contributed by atoms with Crippen molar-refractivity contribution in [1.82, 2.24) is 19.7 Å². The summed E-state index contributed by atoms with van der Waals surface area (Å²) in [4.78, 5) is 19.6. The molecule has 3 rings (SSSR count). The van der Waals surface area contributed by atoms with Gasteiger partial charge in [-0.2, -0.15) is 10.1 Å². The van der Waals surface area contributed by atoms with Gasteiger partial charge in [-0.15, -0.1) is 0 Å². The summed E-state index contributed by atoms with van der Waals surface area (Å²) in [6, 6.07) is 9.78. The smallest absolute Gasteiger partial charge is 0.335 e. The van der Waals surface area contributed by atoms with Gasteiger partial charge in [-0.1, -0.05) is 0 Å². The molecule has 0 aliphatic rings. The normalized spacial score (nSPS) is 10.6. The Morgan fingerprint density at radius 3 is 2.33 bits per heavy atom. The molecule has 3 aromatic rings. The lowest BCUT2D eigenvalue weighted by atomic mass is 10.2. The Bertz CT molecular complexity index is 901. The number of aromatic carboxylic acids is 1. The van der Waals surface area contributed by atoms with E-state index in [0.717, 1.165) is 17.1 Å². The zero-order chi connectivity index (χ0) is 17.3. The molecule has 0 amide bonds. The summed E-state index contributed by atoms with van der Waals surface area (Å²) in [6.07, 6.45) is 0. The molecule has 2 aromatic heterocycles. The van der Waals surface area contributed by atoms with Crippen molar-refractivity contribution in [2.24, 2.45) is 0 Å². The fourth-order valence-electron chi connectivity index (χ4n) is 2.29. The Morgan fingerprint density at radius 2 is 1.75 bits per heavy atom. The number of hydrogen-bond acceptors (Lipinski definition) is 5. The molecule has 0 aliphatic carbocycles. The average Bonchev–Trinajstić information content (AvgIpc) is 2.86. The highest BCUT2D eigenvalue weighted by atomic mass is 16.5. The van der Waals surface area contributed by atoms with Crippen LogP contribution < -0.4 is 4.74 Å². The van der Waals surface area contributed by atoms with Gasteiger partial charge < -0.3 is 9.84 Å². The first kappa shape index (κ1) is 15.7. The topological polar surface area (TPSA) is 90.1 Å². The Balaban J connectivity index is 1.91. The Kier molecular flexibility index (Phi) is 3.99. The van der Waals surface area contributed by atoms with Gasteiger partial charge >= 0.3 is 5.97 Å². The summed E-state index contributed by atoms with van der Waals surface area (Å²) in [7, 11) is 0. The number of ether oxygens (including phenoxy) is 1. The van der Waals surface area contributed by atoms with E-state index < -0.39 is 5.97 Å². The number of nitrogens with zero attached hydrogens (tertiary/aromatic N) is 4. The standard InChI is InChI=1S/C17H16N4O3/c1-10-9-15(24-14-6-4-13(5-7-14)16(22)23)19-17(18-10)21-12(3)8-11(2)20-21/h4-9H,1-3H3,(H,22,23). The lowest BCUT2D eigenvalue weighted by molar-refractivity contribution is 0.0697. The number of carbonyl (C=O) groups is 1. The largest absolute Gasteiger partial charge is 0.478 e. The van der Waals surface area contributed by atoms with Crippen LogP contribution in [0.2, 0.25) is 0 Å². The predicted molar refractivity (Wildman–Crippen MR) is 86.8 cm³/mol. The van der Waals surface area contributed by atoms with Crippen LogP contribution >= 0.6 is 0 Å². The molecule has 7 heteroatoms. The number of aryl methyl sites for hydroxylation is 3. The molecule has 0 radical (unpaired) electrons. The second kappa shape index (κ2) is 6.11. The second-order valence-corrected chi connectivity index (χ2v) is 5.42. The monoisotopic (exact) mass is 324 g/mol. The lowest BCUT2D eigenvalue weighted by Crippen LogP contribution is -2.07. The van der Waals surface area contributed by atoms with E-state index in [1.54, 1.807) is 22.9 Å². The van der Waals surface area contributed by atoms with Crippen LogP contribution in [-0.4, -0.2) is 30.8 Å². The average molecular weight is 324 g/mol. The molecule has 0 bridgehead atoms. The van der Waals surface area contributed by atoms with Crippen molar-refractivity contribution in [2.45, 2.75) is 20.8 Å². The zero-order valence-corrected chi connectivity index (χ0v) is 13.5. The van der Waals surface area contributed by atoms with Crippen LogP contribution in [0.5, 0.6) is 11.6 Å². The van der Waals surface area contributed by atoms with E-state index in [2.05, 4.69) is 15.1 Å². The van der Waals surface area contributed by atoms with Gasteiger partial charge in [0.1, 0.15) is 5.75 Å². The molecule has 0 saturated carbocycles. The highest BCUT2D eigenvalue weighted by molar-refractivity contribution is 5.87. The van der Waals surface area contributed by atoms with E-state index in [9.17, 15) is 4.79 Å². The van der Waals surface area contributed by atoms with Crippen LogP contribution in [-0.2, 0) is 0 Å². The minimum Gasteiger partial charge on any atom is -0.478 e. The predicted octanol–water partition coefficient (Wildman–Crippen LogP) is 3.08. The molecule has 7 nitrogen and oxygen atoms in total. The van der Waals surface area contributed by atoms with Crippen LogP contribution in [0.1, 0.15) is 27.4 Å². The van der Waals surface area contributed by atoms with E-state index in [1.165, 1.54) is 12.1 Å². The first-order valence-electron chi connectivity index (χ1n) is 7.33. The minimum atomic E-state index is -0.980. The maximum absolute atomic E-state index is 10.9. The number of aromatic nitrogens is 4. The van der Waals surface area contributed by atoms with Gasteiger partial charge in [0.05, 0.1) is 11.3 Å². The summed E-state index contributed by atoms with van der Waals surface area (Å²) < 4.78 is 7.37. The second-order valence-electron chi connectivity index (χ2n) is 5.42. The van der Waals surface area contributed by atoms with Crippen LogP contribution in [0.3, 0.4) is 0 Å². The van der Waals surface area contributed by atoms with Gasteiger partial charge in [0.2, 0.25) is 5.88 Å². The highest BCUT2D eigenvalue weighted by Crippen LogP contribution is 2.21. The van der Waals surface area contributed by atoms with Crippen LogP contribution in [0.15, 0.2) is 36.4 Å². The number of hydrogen-bond donors (Lipinski definition) is 1. The lowest BCUT2D eigenvalue weighted by Gasteiger charge is -2.09. The fraction of sp³-hybridized carbons (Fsp3) is 0.176. The first-order chi connectivity index (χ1) is 11.4. The highest BCUT2D eigenvalue weighted by Gasteiger charge is 2.10. The summed E-state index contributed by atoms with van der Waals surface area (Å²) in [5, 5.41) is 13.3. The summed E-state index contributed by atoms with van der Waals surface area (Å²) in [5.41, 5.74) is 2.74. The third-order valence-electron chi connectivity index (χ3n) is 3.34. The van der Waals surface area contributed by atoms with Crippen molar-refractivity contribution >= 4 is 5.97 Å². The van der Waals surface area contributed by atoms with E-state index in [0.29, 0.717) is 17.6 Å². The molecule has 0 atom stereocenters. The summed E-state index contributed by atoms with van der Waals surface area (Å²) >= 11 is 0. The molecule has 24 heavy (non-hydrogen) atoms. The van der Waals surface area contributed by atoms with Gasteiger partial charge in [0.15, 0.2) is 0 Å². The van der Waals surface area contributed by atoms with E-state index in [4.69, 9.17) is 9.84 Å². The molecular formula is C17H16N4O3. The molecular weight excluding hydrogens is 308 g/mol. The van der Waals surface area contributed by atoms with Crippen molar-refractivity contribution in [2.75, 3.05) is 0 Å². The molecule has 2 heterocycles. The molecule has 0 unspecified atom stereocenters.